The molecule has 1 aromatic heterocycles. The minimum Gasteiger partial charge on any atom is -0.457 e. The predicted molar refractivity (Wildman–Crippen MR) is 66.4 cm³/mol. The summed E-state index contributed by atoms with van der Waals surface area (Å²) in [6.07, 6.45) is 3.01. The zero-order chi connectivity index (χ0) is 11.2. The largest absolute Gasteiger partial charge is 0.457 e. The smallest absolute Gasteiger partial charge is 0.417 e. The number of hydrogen-bond donors (Lipinski definition) is 0. The van der Waals surface area contributed by atoms with E-state index in [1.807, 2.05) is 11.3 Å². The van der Waals surface area contributed by atoms with Crippen LogP contribution in [0.4, 0.5) is 0 Å². The van der Waals surface area contributed by atoms with Crippen molar-refractivity contribution in [1.82, 2.24) is 0 Å². The molecule has 1 radical (unpaired) electrons. The Hall–Kier alpha value is -1.35. The molecule has 83 valence electrons. The van der Waals surface area contributed by atoms with Crippen LogP contribution >= 0.6 is 11.3 Å². The monoisotopic (exact) mass is 233 g/mol. The molecule has 0 fully saturated rings. The van der Waals surface area contributed by atoms with E-state index in [0.29, 0.717) is 6.61 Å². The first-order valence-electron chi connectivity index (χ1n) is 5.36. The third-order valence-electron chi connectivity index (χ3n) is 2.55. The molecule has 0 unspecified atom stereocenters. The number of hydrogen-bond acceptors (Lipinski definition) is 3. The lowest BCUT2D eigenvalue weighted by atomic mass is 10.1. The summed E-state index contributed by atoms with van der Waals surface area (Å²) < 4.78 is 4.54. The topological polar surface area (TPSA) is 26.3 Å². The van der Waals surface area contributed by atoms with Crippen molar-refractivity contribution in [2.45, 2.75) is 19.3 Å². The summed E-state index contributed by atoms with van der Waals surface area (Å²) in [6.45, 7) is 1.92. The summed E-state index contributed by atoms with van der Waals surface area (Å²) in [4.78, 5) is 11.2. The van der Waals surface area contributed by atoms with Crippen molar-refractivity contribution >= 4 is 28.6 Å². The van der Waals surface area contributed by atoms with Crippen molar-refractivity contribution in [1.29, 1.82) is 0 Å². The van der Waals surface area contributed by atoms with Crippen molar-refractivity contribution in [3.63, 3.8) is 0 Å². The van der Waals surface area contributed by atoms with E-state index < -0.39 is 0 Å². The Labute approximate surface area is 98.9 Å². The van der Waals surface area contributed by atoms with Gasteiger partial charge >= 0.3 is 6.47 Å². The van der Waals surface area contributed by atoms with Crippen molar-refractivity contribution in [3.05, 3.63) is 34.5 Å². The zero-order valence-electron chi connectivity index (χ0n) is 8.94. The fourth-order valence-electron chi connectivity index (χ4n) is 1.75. The van der Waals surface area contributed by atoms with Crippen LogP contribution in [-0.2, 0) is 16.0 Å². The van der Waals surface area contributed by atoms with Crippen LogP contribution in [0.2, 0.25) is 0 Å². The number of unbranched alkanes of at least 4 members (excludes halogenated alkanes) is 1. The van der Waals surface area contributed by atoms with Crippen molar-refractivity contribution in [3.8, 4) is 0 Å². The van der Waals surface area contributed by atoms with E-state index in [2.05, 4.69) is 34.4 Å². The Balaban J connectivity index is 1.91. The molecule has 0 saturated heterocycles. The van der Waals surface area contributed by atoms with Gasteiger partial charge in [-0.1, -0.05) is 24.3 Å². The lowest BCUT2D eigenvalue weighted by Crippen LogP contribution is -1.92. The first-order chi connectivity index (χ1) is 7.92. The molecule has 2 aromatic rings. The molecule has 0 N–H and O–H groups in total. The number of carbonyl (C=O) groups excluding carboxylic acids is 1. The second-order valence-electron chi connectivity index (χ2n) is 3.64. The van der Waals surface area contributed by atoms with E-state index in [1.54, 1.807) is 0 Å². The molecular weight excluding hydrogens is 220 g/mol. The molecule has 0 spiro atoms. The number of ether oxygens (including phenoxy) is 1. The van der Waals surface area contributed by atoms with Crippen LogP contribution in [0.15, 0.2) is 29.6 Å². The molecule has 2 nitrogen and oxygen atoms in total. The number of fused-ring (bicyclic) bond motifs is 1. The van der Waals surface area contributed by atoms with E-state index in [-0.39, 0.29) is 0 Å². The molecule has 3 heteroatoms. The van der Waals surface area contributed by atoms with Crippen LogP contribution in [-0.4, -0.2) is 13.1 Å². The fourth-order valence-corrected chi connectivity index (χ4v) is 2.80. The summed E-state index contributed by atoms with van der Waals surface area (Å²) >= 11 is 1.81. The van der Waals surface area contributed by atoms with Crippen LogP contribution in [0.5, 0.6) is 0 Å². The van der Waals surface area contributed by atoms with Gasteiger partial charge in [0.05, 0.1) is 6.61 Å². The van der Waals surface area contributed by atoms with Gasteiger partial charge in [0.1, 0.15) is 0 Å². The standard InChI is InChI=1S/C13H13O2S/c14-10-15-8-4-3-7-13-12-6-2-1-5-11(12)9-16-13/h1-2,5-6,9H,3-4,7-8H2. The fraction of sp³-hybridized carbons (Fsp3) is 0.308. The number of thiophene rings is 1. The van der Waals surface area contributed by atoms with Gasteiger partial charge in [0.2, 0.25) is 0 Å². The van der Waals surface area contributed by atoms with E-state index in [4.69, 9.17) is 0 Å². The lowest BCUT2D eigenvalue weighted by molar-refractivity contribution is 0.270. The van der Waals surface area contributed by atoms with Gasteiger partial charge in [0.15, 0.2) is 0 Å². The summed E-state index contributed by atoms with van der Waals surface area (Å²) in [5.74, 6) is 0. The maximum absolute atomic E-state index is 9.83. The molecule has 0 bridgehead atoms. The molecule has 0 saturated carbocycles. The molecule has 0 aliphatic heterocycles. The van der Waals surface area contributed by atoms with Gasteiger partial charge in [0, 0.05) is 4.88 Å². The minimum absolute atomic E-state index is 0.479. The van der Waals surface area contributed by atoms with Gasteiger partial charge < -0.3 is 4.74 Å². The average Bonchev–Trinajstić information content (AvgIpc) is 2.73. The zero-order valence-corrected chi connectivity index (χ0v) is 9.76. The van der Waals surface area contributed by atoms with Crippen LogP contribution in [0.25, 0.3) is 10.8 Å². The average molecular weight is 233 g/mol. The van der Waals surface area contributed by atoms with Crippen LogP contribution in [0, 0.1) is 0 Å². The summed E-state index contributed by atoms with van der Waals surface area (Å²) in [7, 11) is 0. The van der Waals surface area contributed by atoms with E-state index in [9.17, 15) is 4.79 Å². The van der Waals surface area contributed by atoms with E-state index in [0.717, 1.165) is 19.3 Å². The quantitative estimate of drug-likeness (QED) is 0.715. The van der Waals surface area contributed by atoms with Crippen molar-refractivity contribution in [2.75, 3.05) is 6.61 Å². The third-order valence-corrected chi connectivity index (χ3v) is 3.63. The number of rotatable bonds is 6. The van der Waals surface area contributed by atoms with E-state index >= 15 is 0 Å². The maximum Gasteiger partial charge on any atom is 0.417 e. The molecule has 0 amide bonds. The lowest BCUT2D eigenvalue weighted by Gasteiger charge is -1.99. The molecular formula is C13H13O2S. The van der Waals surface area contributed by atoms with Crippen LogP contribution in [0.1, 0.15) is 17.7 Å². The SMILES string of the molecule is O=[C]OCCCCc1scc2ccccc12. The minimum atomic E-state index is 0.479. The van der Waals surface area contributed by atoms with Gasteiger partial charge in [-0.2, -0.15) is 0 Å². The predicted octanol–water partition coefficient (Wildman–Crippen LogP) is 3.31. The molecule has 2 rings (SSSR count). The number of aryl methyl sites for hydroxylation is 1. The van der Waals surface area contributed by atoms with E-state index in [1.165, 1.54) is 22.1 Å². The highest BCUT2D eigenvalue weighted by Crippen LogP contribution is 2.26. The first kappa shape index (κ1) is 11.1. The van der Waals surface area contributed by atoms with Crippen LogP contribution in [0.3, 0.4) is 0 Å². The summed E-state index contributed by atoms with van der Waals surface area (Å²) in [6, 6.07) is 8.44. The van der Waals surface area contributed by atoms with Gasteiger partial charge in [-0.05, 0) is 35.4 Å². The Bertz CT molecular complexity index is 462. The van der Waals surface area contributed by atoms with Crippen molar-refractivity contribution < 1.29 is 9.53 Å². The Morgan fingerprint density at radius 1 is 1.25 bits per heavy atom. The first-order valence-corrected chi connectivity index (χ1v) is 6.24. The molecule has 1 aromatic carbocycles. The Morgan fingerprint density at radius 3 is 3.00 bits per heavy atom. The summed E-state index contributed by atoms with van der Waals surface area (Å²) in [5.41, 5.74) is 0. The maximum atomic E-state index is 9.83. The third kappa shape index (κ3) is 2.61. The molecule has 1 heterocycles. The Morgan fingerprint density at radius 2 is 2.12 bits per heavy atom. The van der Waals surface area contributed by atoms with Gasteiger partial charge in [-0.3, -0.25) is 0 Å². The second-order valence-corrected chi connectivity index (χ2v) is 4.60. The normalized spacial score (nSPS) is 10.5. The number of benzene rings is 1. The van der Waals surface area contributed by atoms with Gasteiger partial charge in [-0.15, -0.1) is 11.3 Å². The molecule has 0 atom stereocenters. The van der Waals surface area contributed by atoms with Crippen LogP contribution < -0.4 is 0 Å². The highest BCUT2D eigenvalue weighted by molar-refractivity contribution is 7.11. The van der Waals surface area contributed by atoms with Gasteiger partial charge in [-0.25, -0.2) is 4.79 Å². The molecule has 16 heavy (non-hydrogen) atoms. The summed E-state index contributed by atoms with van der Waals surface area (Å²) in [5, 5.41) is 4.87. The highest BCUT2D eigenvalue weighted by Gasteiger charge is 2.02. The highest BCUT2D eigenvalue weighted by atomic mass is 32.1. The van der Waals surface area contributed by atoms with Crippen molar-refractivity contribution in [2.24, 2.45) is 0 Å². The van der Waals surface area contributed by atoms with Gasteiger partial charge in [0.25, 0.3) is 0 Å². The molecule has 0 aliphatic carbocycles. The molecule has 0 aliphatic rings. The Kier molecular flexibility index (Phi) is 3.94. The second kappa shape index (κ2) is 5.66.